The van der Waals surface area contributed by atoms with Crippen molar-refractivity contribution < 1.29 is 4.79 Å². The molecule has 3 aromatic rings. The van der Waals surface area contributed by atoms with Crippen molar-refractivity contribution in [2.45, 2.75) is 20.8 Å². The monoisotopic (exact) mass is 350 g/mol. The van der Waals surface area contributed by atoms with Gasteiger partial charge in [-0.3, -0.25) is 9.20 Å². The minimum absolute atomic E-state index is 0.102. The smallest absolute Gasteiger partial charge is 0.256 e. The van der Waals surface area contributed by atoms with Crippen molar-refractivity contribution in [3.05, 3.63) is 53.0 Å². The minimum atomic E-state index is 0.102. The van der Waals surface area contributed by atoms with Gasteiger partial charge in [0.25, 0.3) is 11.7 Å². The highest BCUT2D eigenvalue weighted by Gasteiger charge is 2.23. The lowest BCUT2D eigenvalue weighted by Gasteiger charge is -2.35. The van der Waals surface area contributed by atoms with E-state index in [1.54, 1.807) is 6.33 Å². The fourth-order valence-corrected chi connectivity index (χ4v) is 3.30. The average molecular weight is 350 g/mol. The standard InChI is InChI=1S/C19H22N6O/c1-13-4-5-16(10-14(13)2)18(26)24-8-6-23(7-9-24)17-11-15(3)25-12-20-22-19(25)21-17/h4-5,10-12H,6-9H2,1-3H3. The first kappa shape index (κ1) is 16.5. The highest BCUT2D eigenvalue weighted by molar-refractivity contribution is 5.94. The number of rotatable bonds is 2. The number of benzene rings is 1. The van der Waals surface area contributed by atoms with Crippen LogP contribution in [0.25, 0.3) is 5.78 Å². The Balaban J connectivity index is 1.47. The van der Waals surface area contributed by atoms with E-state index in [9.17, 15) is 4.79 Å². The van der Waals surface area contributed by atoms with E-state index in [-0.39, 0.29) is 5.91 Å². The molecule has 0 unspecified atom stereocenters. The Labute approximate surface area is 152 Å². The Kier molecular flexibility index (Phi) is 4.06. The Morgan fingerprint density at radius 2 is 1.77 bits per heavy atom. The van der Waals surface area contributed by atoms with E-state index in [1.807, 2.05) is 47.4 Å². The number of anilines is 1. The van der Waals surface area contributed by atoms with Gasteiger partial charge in [-0.05, 0) is 44.0 Å². The average Bonchev–Trinajstić information content (AvgIpc) is 3.13. The number of piperazine rings is 1. The first-order valence-electron chi connectivity index (χ1n) is 8.82. The van der Waals surface area contributed by atoms with E-state index in [2.05, 4.69) is 27.0 Å². The number of amides is 1. The predicted molar refractivity (Wildman–Crippen MR) is 99.6 cm³/mol. The molecule has 1 amide bonds. The van der Waals surface area contributed by atoms with E-state index < -0.39 is 0 Å². The van der Waals surface area contributed by atoms with Crippen LogP contribution in [0.5, 0.6) is 0 Å². The molecule has 1 aliphatic heterocycles. The van der Waals surface area contributed by atoms with Gasteiger partial charge in [-0.25, -0.2) is 0 Å². The molecule has 2 aromatic heterocycles. The molecule has 1 aliphatic rings. The number of hydrogen-bond donors (Lipinski definition) is 0. The molecule has 7 nitrogen and oxygen atoms in total. The van der Waals surface area contributed by atoms with Crippen molar-refractivity contribution in [2.75, 3.05) is 31.1 Å². The molecule has 7 heteroatoms. The summed E-state index contributed by atoms with van der Waals surface area (Å²) in [6.07, 6.45) is 1.67. The maximum Gasteiger partial charge on any atom is 0.256 e. The highest BCUT2D eigenvalue weighted by Crippen LogP contribution is 2.18. The molecule has 0 spiro atoms. The zero-order valence-corrected chi connectivity index (χ0v) is 15.3. The molecular formula is C19H22N6O. The van der Waals surface area contributed by atoms with Crippen molar-refractivity contribution >= 4 is 17.5 Å². The summed E-state index contributed by atoms with van der Waals surface area (Å²) in [4.78, 5) is 21.5. The molecule has 0 bridgehead atoms. The van der Waals surface area contributed by atoms with Crippen LogP contribution in [0.3, 0.4) is 0 Å². The van der Waals surface area contributed by atoms with E-state index >= 15 is 0 Å². The third-order valence-electron chi connectivity index (χ3n) is 5.11. The van der Waals surface area contributed by atoms with Crippen molar-refractivity contribution in [2.24, 2.45) is 0 Å². The molecule has 134 valence electrons. The predicted octanol–water partition coefficient (Wildman–Crippen LogP) is 2.01. The second-order valence-electron chi connectivity index (χ2n) is 6.83. The Bertz CT molecular complexity index is 971. The third-order valence-corrected chi connectivity index (χ3v) is 5.11. The van der Waals surface area contributed by atoms with Crippen LogP contribution in [0.15, 0.2) is 30.6 Å². The number of hydrogen-bond acceptors (Lipinski definition) is 5. The molecule has 4 rings (SSSR count). The maximum atomic E-state index is 12.8. The van der Waals surface area contributed by atoms with E-state index in [0.29, 0.717) is 18.9 Å². The molecule has 0 radical (unpaired) electrons. The summed E-state index contributed by atoms with van der Waals surface area (Å²) in [7, 11) is 0. The van der Waals surface area contributed by atoms with Crippen LogP contribution in [-0.4, -0.2) is 56.6 Å². The summed E-state index contributed by atoms with van der Waals surface area (Å²) in [6.45, 7) is 9.00. The normalized spacial score (nSPS) is 14.9. The largest absolute Gasteiger partial charge is 0.353 e. The van der Waals surface area contributed by atoms with Crippen molar-refractivity contribution in [1.29, 1.82) is 0 Å². The molecular weight excluding hydrogens is 328 g/mol. The lowest BCUT2D eigenvalue weighted by Crippen LogP contribution is -2.49. The maximum absolute atomic E-state index is 12.8. The summed E-state index contributed by atoms with van der Waals surface area (Å²) in [5.41, 5.74) is 4.16. The highest BCUT2D eigenvalue weighted by atomic mass is 16.2. The molecule has 1 aromatic carbocycles. The summed E-state index contributed by atoms with van der Waals surface area (Å²) in [5.74, 6) is 1.60. The molecule has 0 N–H and O–H groups in total. The van der Waals surface area contributed by atoms with Gasteiger partial charge in [0.1, 0.15) is 12.1 Å². The molecule has 3 heterocycles. The molecule has 0 aliphatic carbocycles. The molecule has 26 heavy (non-hydrogen) atoms. The van der Waals surface area contributed by atoms with Crippen molar-refractivity contribution in [3.63, 3.8) is 0 Å². The van der Waals surface area contributed by atoms with Crippen LogP contribution >= 0.6 is 0 Å². The van der Waals surface area contributed by atoms with Gasteiger partial charge in [0.05, 0.1) is 0 Å². The number of nitrogens with zero attached hydrogens (tertiary/aromatic N) is 6. The fraction of sp³-hybridized carbons (Fsp3) is 0.368. The minimum Gasteiger partial charge on any atom is -0.353 e. The Morgan fingerprint density at radius 3 is 2.50 bits per heavy atom. The van der Waals surface area contributed by atoms with Gasteiger partial charge in [0.15, 0.2) is 0 Å². The van der Waals surface area contributed by atoms with E-state index in [0.717, 1.165) is 35.7 Å². The lowest BCUT2D eigenvalue weighted by atomic mass is 10.1. The Morgan fingerprint density at radius 1 is 1.00 bits per heavy atom. The lowest BCUT2D eigenvalue weighted by molar-refractivity contribution is 0.0746. The number of aryl methyl sites for hydroxylation is 3. The van der Waals surface area contributed by atoms with Gasteiger partial charge < -0.3 is 9.80 Å². The van der Waals surface area contributed by atoms with Crippen LogP contribution in [0.1, 0.15) is 27.2 Å². The van der Waals surface area contributed by atoms with Gasteiger partial charge in [0.2, 0.25) is 0 Å². The number of aromatic nitrogens is 4. The first-order chi connectivity index (χ1) is 12.5. The van der Waals surface area contributed by atoms with Gasteiger partial charge in [-0.1, -0.05) is 6.07 Å². The summed E-state index contributed by atoms with van der Waals surface area (Å²) < 4.78 is 1.86. The Hall–Kier alpha value is -2.96. The van der Waals surface area contributed by atoms with Crippen LogP contribution in [-0.2, 0) is 0 Å². The number of carbonyl (C=O) groups excluding carboxylic acids is 1. The summed E-state index contributed by atoms with van der Waals surface area (Å²) in [6, 6.07) is 7.95. The zero-order valence-electron chi connectivity index (χ0n) is 15.3. The SMILES string of the molecule is Cc1ccc(C(=O)N2CCN(c3cc(C)n4cnnc4n3)CC2)cc1C. The topological polar surface area (TPSA) is 66.6 Å². The van der Waals surface area contributed by atoms with Crippen molar-refractivity contribution in [3.8, 4) is 0 Å². The van der Waals surface area contributed by atoms with Gasteiger partial charge in [-0.15, -0.1) is 10.2 Å². The molecule has 0 saturated carbocycles. The van der Waals surface area contributed by atoms with Crippen LogP contribution in [0.2, 0.25) is 0 Å². The third kappa shape index (κ3) is 2.89. The second kappa shape index (κ2) is 6.40. The van der Waals surface area contributed by atoms with Gasteiger partial charge in [0, 0.05) is 43.5 Å². The van der Waals surface area contributed by atoms with Gasteiger partial charge in [-0.2, -0.15) is 4.98 Å². The second-order valence-corrected chi connectivity index (χ2v) is 6.83. The molecule has 0 atom stereocenters. The van der Waals surface area contributed by atoms with Crippen LogP contribution in [0, 0.1) is 20.8 Å². The van der Waals surface area contributed by atoms with E-state index in [1.165, 1.54) is 5.56 Å². The first-order valence-corrected chi connectivity index (χ1v) is 8.82. The van der Waals surface area contributed by atoms with Crippen molar-refractivity contribution in [1.82, 2.24) is 24.5 Å². The van der Waals surface area contributed by atoms with Crippen LogP contribution in [0.4, 0.5) is 5.82 Å². The fourth-order valence-electron chi connectivity index (χ4n) is 3.30. The number of carbonyl (C=O) groups is 1. The van der Waals surface area contributed by atoms with Crippen LogP contribution < -0.4 is 4.90 Å². The molecule has 1 fully saturated rings. The number of fused-ring (bicyclic) bond motifs is 1. The zero-order chi connectivity index (χ0) is 18.3. The quantitative estimate of drug-likeness (QED) is 0.707. The summed E-state index contributed by atoms with van der Waals surface area (Å²) in [5, 5.41) is 7.95. The summed E-state index contributed by atoms with van der Waals surface area (Å²) >= 11 is 0. The van der Waals surface area contributed by atoms with E-state index in [4.69, 9.17) is 0 Å². The van der Waals surface area contributed by atoms with Gasteiger partial charge >= 0.3 is 0 Å². The molecule has 1 saturated heterocycles.